The number of nitrogens with two attached hydrogens (primary N) is 1. The van der Waals surface area contributed by atoms with Crippen LogP contribution in [0.15, 0.2) is 81.8 Å². The van der Waals surface area contributed by atoms with Gasteiger partial charge in [-0.3, -0.25) is 4.79 Å². The maximum Gasteiger partial charge on any atom is 0.333 e. The molecule has 5 aromatic rings. The zero-order chi connectivity index (χ0) is 40.6. The fourth-order valence-corrected chi connectivity index (χ4v) is 8.51. The summed E-state index contributed by atoms with van der Waals surface area (Å²) in [6.45, 7) is 6.94. The van der Waals surface area contributed by atoms with E-state index in [1.54, 1.807) is 50.5 Å². The number of phenolic OH excluding ortho intramolecular Hbond substituents is 2. The summed E-state index contributed by atoms with van der Waals surface area (Å²) >= 11 is 0. The van der Waals surface area contributed by atoms with Gasteiger partial charge in [0.15, 0.2) is 5.43 Å². The van der Waals surface area contributed by atoms with Crippen molar-refractivity contribution in [2.75, 3.05) is 24.2 Å². The molecule has 0 saturated carbocycles. The first-order valence-electron chi connectivity index (χ1n) is 19.2. The second kappa shape index (κ2) is 15.9. The molecule has 5 heterocycles. The molecule has 0 amide bonds. The molecule has 0 saturated heterocycles. The van der Waals surface area contributed by atoms with Gasteiger partial charge in [-0.1, -0.05) is 24.3 Å². The summed E-state index contributed by atoms with van der Waals surface area (Å²) in [4.78, 5) is 36.7. The van der Waals surface area contributed by atoms with E-state index in [1.165, 1.54) is 6.07 Å². The molecule has 2 aliphatic heterocycles. The predicted molar refractivity (Wildman–Crippen MR) is 214 cm³/mol. The first-order valence-corrected chi connectivity index (χ1v) is 19.2. The molecule has 0 unspecified atom stereocenters. The van der Waals surface area contributed by atoms with Crippen LogP contribution in [0.2, 0.25) is 0 Å². The number of fused-ring (bicyclic) bond motifs is 4. The number of nitrogens with zero attached hydrogens (tertiary/aromatic N) is 2. The SMILES string of the molecule is C/C=C(/C)C(=O)O[C@@H]1Cc2c3c(c4oc(CO)cc(=O)c4c2O)[C@@H]([C@H](CO)c2cccc(O)c2)c2ccnc(N)c2CC[C@@H](Cc2ccc(NCC)nc2)[C@]1(C)O3. The summed E-state index contributed by atoms with van der Waals surface area (Å²) < 4.78 is 19.9. The number of carbonyl (C=O) groups is 1. The second-order valence-corrected chi connectivity index (χ2v) is 15.0. The van der Waals surface area contributed by atoms with Crippen molar-refractivity contribution in [3.05, 3.63) is 122 Å². The number of nitrogen functional groups attached to an aromatic ring is 1. The number of carbonyl (C=O) groups excluding carboxylic acids is 1. The monoisotopic (exact) mass is 776 g/mol. The van der Waals surface area contributed by atoms with Crippen molar-refractivity contribution in [3.8, 4) is 17.2 Å². The Morgan fingerprint density at radius 2 is 1.95 bits per heavy atom. The van der Waals surface area contributed by atoms with Crippen LogP contribution in [-0.2, 0) is 35.4 Å². The highest BCUT2D eigenvalue weighted by atomic mass is 16.6. The van der Waals surface area contributed by atoms with E-state index in [-0.39, 0.29) is 51.9 Å². The molecule has 3 aromatic heterocycles. The highest BCUT2D eigenvalue weighted by Crippen LogP contribution is 2.56. The molecule has 298 valence electrons. The number of esters is 1. The molecular weight excluding hydrogens is 729 g/mol. The van der Waals surface area contributed by atoms with Gasteiger partial charge in [-0.2, -0.15) is 0 Å². The molecular formula is C44H48N4O9. The number of hydrogen-bond acceptors (Lipinski definition) is 13. The van der Waals surface area contributed by atoms with Crippen molar-refractivity contribution < 1.29 is 39.1 Å². The minimum atomic E-state index is -1.28. The first-order chi connectivity index (χ1) is 27.4. The summed E-state index contributed by atoms with van der Waals surface area (Å²) in [6.07, 6.45) is 5.34. The standard InChI is InChI=1S/C44H48N4O9/c1-5-23(3)43(54)56-34-19-31-39(53)37-33(52)18-28(21-49)55-41(37)38-36(32(22-50)25-8-7-9-27(51)17-25)29-14-15-47-42(45)30(29)12-11-26(44(34,4)57-40(31)38)16-24-10-13-35(46-6-2)48-20-24/h5,7-10,13-15,17-18,20,26,32,34,36,49-51,53H,6,11-12,16,19,21-22H2,1-4H3,(H2,45,47)(H,46,48)/b23-5-/t26-,32+,34+,36+,44-/m0/s1. The lowest BCUT2D eigenvalue weighted by molar-refractivity contribution is -0.165. The first kappa shape index (κ1) is 39.3. The number of ether oxygens (including phenoxy) is 2. The number of hydrogen-bond donors (Lipinski definition) is 6. The number of aliphatic hydroxyl groups excluding tert-OH is 2. The molecule has 0 aliphatic carbocycles. The van der Waals surface area contributed by atoms with E-state index in [4.69, 9.17) is 19.6 Å². The zero-order valence-electron chi connectivity index (χ0n) is 32.4. The Morgan fingerprint density at radius 1 is 1.14 bits per heavy atom. The molecule has 57 heavy (non-hydrogen) atoms. The zero-order valence-corrected chi connectivity index (χ0v) is 32.4. The molecule has 13 heteroatoms. The quantitative estimate of drug-likeness (QED) is 0.0734. The van der Waals surface area contributed by atoms with Crippen molar-refractivity contribution in [1.82, 2.24) is 9.97 Å². The normalized spacial score (nSPS) is 20.9. The molecule has 0 fully saturated rings. The largest absolute Gasteiger partial charge is 0.508 e. The van der Waals surface area contributed by atoms with E-state index in [2.05, 4.69) is 15.3 Å². The number of anilines is 2. The molecule has 13 nitrogen and oxygen atoms in total. The van der Waals surface area contributed by atoms with Gasteiger partial charge in [-0.15, -0.1) is 0 Å². The maximum absolute atomic E-state index is 14.0. The van der Waals surface area contributed by atoms with Gasteiger partial charge in [0, 0.05) is 65.9 Å². The van der Waals surface area contributed by atoms with Crippen LogP contribution in [0.5, 0.6) is 17.2 Å². The third-order valence-corrected chi connectivity index (χ3v) is 11.7. The van der Waals surface area contributed by atoms with Gasteiger partial charge in [0.25, 0.3) is 0 Å². The summed E-state index contributed by atoms with van der Waals surface area (Å²) in [5.74, 6) is -1.90. The van der Waals surface area contributed by atoms with Gasteiger partial charge in [0.1, 0.15) is 63.9 Å². The van der Waals surface area contributed by atoms with E-state index in [1.807, 2.05) is 32.0 Å². The Kier molecular flexibility index (Phi) is 11.0. The molecule has 2 aliphatic rings. The highest BCUT2D eigenvalue weighted by molar-refractivity contribution is 5.92. The van der Waals surface area contributed by atoms with Crippen LogP contribution >= 0.6 is 0 Å². The summed E-state index contributed by atoms with van der Waals surface area (Å²) in [5.41, 5.74) is 8.56. The lowest BCUT2D eigenvalue weighted by atomic mass is 9.69. The Morgan fingerprint density at radius 3 is 2.63 bits per heavy atom. The van der Waals surface area contributed by atoms with Crippen LogP contribution in [0.25, 0.3) is 11.0 Å². The van der Waals surface area contributed by atoms with Gasteiger partial charge >= 0.3 is 5.97 Å². The molecule has 0 radical (unpaired) electrons. The number of aliphatic hydroxyl groups is 2. The van der Waals surface area contributed by atoms with Crippen molar-refractivity contribution in [2.45, 2.75) is 83.5 Å². The Bertz CT molecular complexity index is 2410. The van der Waals surface area contributed by atoms with Crippen LogP contribution in [0.4, 0.5) is 11.6 Å². The third-order valence-electron chi connectivity index (χ3n) is 11.7. The number of aromatic hydroxyl groups is 2. The average Bonchev–Trinajstić information content (AvgIpc) is 3.20. The van der Waals surface area contributed by atoms with Gasteiger partial charge < -0.3 is 45.4 Å². The average molecular weight is 777 g/mol. The Labute approximate surface area is 329 Å². The number of benzene rings is 2. The fourth-order valence-electron chi connectivity index (χ4n) is 8.51. The molecule has 0 spiro atoms. The van der Waals surface area contributed by atoms with Gasteiger partial charge in [0.2, 0.25) is 0 Å². The summed E-state index contributed by atoms with van der Waals surface area (Å²) in [6, 6.07) is 13.4. The van der Waals surface area contributed by atoms with E-state index >= 15 is 0 Å². The van der Waals surface area contributed by atoms with Crippen molar-refractivity contribution in [1.29, 1.82) is 0 Å². The van der Waals surface area contributed by atoms with Crippen LogP contribution in [0, 0.1) is 5.92 Å². The van der Waals surface area contributed by atoms with E-state index < -0.39 is 53.9 Å². The van der Waals surface area contributed by atoms with E-state index in [0.29, 0.717) is 53.6 Å². The minimum absolute atomic E-state index is 0.0206. The molecule has 7 rings (SSSR count). The molecule has 2 aromatic carbocycles. The third kappa shape index (κ3) is 7.17. The smallest absolute Gasteiger partial charge is 0.333 e. The number of nitrogens with one attached hydrogen (secondary N) is 1. The van der Waals surface area contributed by atoms with Gasteiger partial charge in [-0.05, 0) is 93.5 Å². The van der Waals surface area contributed by atoms with Crippen LogP contribution in [-0.4, -0.2) is 61.2 Å². The molecule has 5 atom stereocenters. The fraction of sp³-hybridized carbons (Fsp3) is 0.364. The topological polar surface area (TPSA) is 210 Å². The van der Waals surface area contributed by atoms with Crippen LogP contribution in [0.3, 0.4) is 0 Å². The van der Waals surface area contributed by atoms with E-state index in [0.717, 1.165) is 17.4 Å². The van der Waals surface area contributed by atoms with E-state index in [9.17, 15) is 30.0 Å². The van der Waals surface area contributed by atoms with Crippen molar-refractivity contribution in [2.24, 2.45) is 5.92 Å². The Balaban J connectivity index is 1.58. The van der Waals surface area contributed by atoms with Crippen LogP contribution in [0.1, 0.15) is 85.1 Å². The minimum Gasteiger partial charge on any atom is -0.508 e. The van der Waals surface area contributed by atoms with Crippen molar-refractivity contribution >= 4 is 28.6 Å². The number of allylic oxidation sites excluding steroid dienone is 1. The predicted octanol–water partition coefficient (Wildman–Crippen LogP) is 5.79. The molecule has 7 N–H and O–H groups in total. The number of pyridine rings is 2. The maximum atomic E-state index is 14.0. The summed E-state index contributed by atoms with van der Waals surface area (Å²) in [7, 11) is 0. The van der Waals surface area contributed by atoms with Gasteiger partial charge in [-0.25, -0.2) is 14.8 Å². The van der Waals surface area contributed by atoms with Gasteiger partial charge in [0.05, 0.1) is 6.61 Å². The number of phenols is 2. The van der Waals surface area contributed by atoms with Crippen LogP contribution < -0.4 is 21.2 Å². The van der Waals surface area contributed by atoms with Crippen molar-refractivity contribution in [3.63, 3.8) is 0 Å². The summed E-state index contributed by atoms with van der Waals surface area (Å²) in [5, 5.41) is 47.5. The second-order valence-electron chi connectivity index (χ2n) is 15.0. The molecule has 2 bridgehead atoms. The lowest BCUT2D eigenvalue weighted by Crippen LogP contribution is -2.57. The number of rotatable bonds is 10. The highest BCUT2D eigenvalue weighted by Gasteiger charge is 2.52. The number of aromatic nitrogens is 2. The Hall–Kier alpha value is -5.92. The lowest BCUT2D eigenvalue weighted by Gasteiger charge is -2.48.